The summed E-state index contributed by atoms with van der Waals surface area (Å²) in [5.41, 5.74) is 0.683. The van der Waals surface area contributed by atoms with Crippen LogP contribution in [0.15, 0.2) is 23.6 Å². The topological polar surface area (TPSA) is 26.3 Å². The Kier molecular flexibility index (Phi) is 5.68. The Hall–Kier alpha value is -1.77. The Labute approximate surface area is 133 Å². The molecule has 0 N–H and O–H groups in total. The van der Waals surface area contributed by atoms with Gasteiger partial charge in [0.1, 0.15) is 5.83 Å². The Morgan fingerprint density at radius 1 is 1.39 bits per heavy atom. The van der Waals surface area contributed by atoms with Crippen molar-refractivity contribution in [1.29, 1.82) is 0 Å². The molecule has 23 heavy (non-hydrogen) atoms. The largest absolute Gasteiger partial charge is 0.441 e. The van der Waals surface area contributed by atoms with Crippen molar-refractivity contribution >= 4 is 5.97 Å². The highest BCUT2D eigenvalue weighted by Crippen LogP contribution is 2.60. The minimum atomic E-state index is -4.55. The van der Waals surface area contributed by atoms with Crippen molar-refractivity contribution in [3.05, 3.63) is 23.6 Å². The first kappa shape index (κ1) is 19.3. The minimum absolute atomic E-state index is 0.0550. The molecule has 3 unspecified atom stereocenters. The van der Waals surface area contributed by atoms with Crippen LogP contribution in [0.25, 0.3) is 0 Å². The molecule has 0 spiro atoms. The van der Waals surface area contributed by atoms with E-state index in [0.717, 1.165) is 5.57 Å². The number of allylic oxidation sites excluding steroid dienone is 3. The van der Waals surface area contributed by atoms with Crippen molar-refractivity contribution in [1.82, 2.24) is 0 Å². The molecule has 0 aromatic rings. The quantitative estimate of drug-likeness (QED) is 0.319. The van der Waals surface area contributed by atoms with E-state index in [1.807, 2.05) is 39.7 Å². The van der Waals surface area contributed by atoms with Crippen LogP contribution in [0.4, 0.5) is 17.6 Å². The molecule has 0 bridgehead atoms. The third kappa shape index (κ3) is 5.12. The highest BCUT2D eigenvalue weighted by atomic mass is 19.4. The van der Waals surface area contributed by atoms with Crippen molar-refractivity contribution in [2.45, 2.75) is 46.4 Å². The van der Waals surface area contributed by atoms with E-state index in [1.165, 1.54) is 0 Å². The van der Waals surface area contributed by atoms with Crippen LogP contribution in [0.1, 0.15) is 34.1 Å². The molecule has 0 radical (unpaired) electrons. The fourth-order valence-corrected chi connectivity index (χ4v) is 2.48. The van der Waals surface area contributed by atoms with E-state index in [-0.39, 0.29) is 11.3 Å². The van der Waals surface area contributed by atoms with Gasteiger partial charge in [0.05, 0.1) is 12.3 Å². The number of rotatable bonds is 5. The van der Waals surface area contributed by atoms with Gasteiger partial charge in [0.2, 0.25) is 6.10 Å². The fraction of sp³-hybridized carbons (Fsp3) is 0.588. The van der Waals surface area contributed by atoms with Gasteiger partial charge in [-0.25, -0.2) is 4.39 Å². The summed E-state index contributed by atoms with van der Waals surface area (Å²) < 4.78 is 54.8. The zero-order valence-electron chi connectivity index (χ0n) is 13.5. The summed E-state index contributed by atoms with van der Waals surface area (Å²) in [7, 11) is 0. The van der Waals surface area contributed by atoms with Crippen LogP contribution in [0.3, 0.4) is 0 Å². The van der Waals surface area contributed by atoms with Gasteiger partial charge >= 0.3 is 12.1 Å². The summed E-state index contributed by atoms with van der Waals surface area (Å²) in [5.74, 6) is -0.652. The van der Waals surface area contributed by atoms with Gasteiger partial charge in [-0.3, -0.25) is 4.79 Å². The predicted molar refractivity (Wildman–Crippen MR) is 78.8 cm³/mol. The van der Waals surface area contributed by atoms with Gasteiger partial charge < -0.3 is 4.74 Å². The standard InChI is InChI=1S/C17H20F4O2/c1-6-13(12(18)7-8-17(19,20)21)23-15(22)14-11(9-10(2)3)16(14,4)5/h1,7,9,11,13-14H,8H2,2-5H3/b12-7-. The van der Waals surface area contributed by atoms with E-state index in [0.29, 0.717) is 6.08 Å². The Morgan fingerprint density at radius 3 is 2.39 bits per heavy atom. The molecule has 6 heteroatoms. The molecule has 0 aromatic carbocycles. The second kappa shape index (κ2) is 6.77. The number of ether oxygens (including phenoxy) is 1. The summed E-state index contributed by atoms with van der Waals surface area (Å²) in [5, 5.41) is 0. The first-order valence-electron chi connectivity index (χ1n) is 7.14. The maximum atomic E-state index is 13.7. The molecule has 2 nitrogen and oxygen atoms in total. The molecule has 0 aliphatic heterocycles. The SMILES string of the molecule is C#CC(OC(=O)C1C(C=C(C)C)C1(C)C)/C(F)=C/CC(F)(F)F. The summed E-state index contributed by atoms with van der Waals surface area (Å²) >= 11 is 0. The third-order valence-electron chi connectivity index (χ3n) is 3.84. The van der Waals surface area contributed by atoms with Crippen molar-refractivity contribution in [2.24, 2.45) is 17.3 Å². The number of terminal acetylenes is 1. The lowest BCUT2D eigenvalue weighted by molar-refractivity contribution is -0.148. The van der Waals surface area contributed by atoms with Crippen molar-refractivity contribution in [3.63, 3.8) is 0 Å². The molecule has 0 aromatic heterocycles. The molecule has 3 atom stereocenters. The van der Waals surface area contributed by atoms with Crippen LogP contribution in [0.2, 0.25) is 0 Å². The van der Waals surface area contributed by atoms with E-state index >= 15 is 0 Å². The molecule has 1 fully saturated rings. The lowest BCUT2D eigenvalue weighted by Crippen LogP contribution is -2.20. The molecule has 0 heterocycles. The average Bonchev–Trinajstić information content (AvgIpc) is 2.92. The van der Waals surface area contributed by atoms with Crippen LogP contribution in [0.5, 0.6) is 0 Å². The van der Waals surface area contributed by atoms with Gasteiger partial charge in [-0.1, -0.05) is 31.4 Å². The molecule has 0 amide bonds. The third-order valence-corrected chi connectivity index (χ3v) is 3.84. The first-order valence-corrected chi connectivity index (χ1v) is 7.14. The monoisotopic (exact) mass is 332 g/mol. The van der Waals surface area contributed by atoms with Crippen LogP contribution in [-0.4, -0.2) is 18.2 Å². The summed E-state index contributed by atoms with van der Waals surface area (Å²) in [6.45, 7) is 7.51. The zero-order chi connectivity index (χ0) is 18.0. The van der Waals surface area contributed by atoms with Crippen LogP contribution < -0.4 is 0 Å². The van der Waals surface area contributed by atoms with Gasteiger partial charge in [0.25, 0.3) is 0 Å². The molecular formula is C17H20F4O2. The van der Waals surface area contributed by atoms with Crippen molar-refractivity contribution in [3.8, 4) is 12.3 Å². The maximum absolute atomic E-state index is 13.7. The zero-order valence-corrected chi connectivity index (χ0v) is 13.5. The summed E-state index contributed by atoms with van der Waals surface area (Å²) in [6.07, 6.45) is -0.463. The number of hydrogen-bond acceptors (Lipinski definition) is 2. The molecule has 128 valence electrons. The molecule has 1 saturated carbocycles. The van der Waals surface area contributed by atoms with Crippen LogP contribution in [0, 0.1) is 29.6 Å². The second-order valence-electron chi connectivity index (χ2n) is 6.46. The van der Waals surface area contributed by atoms with Gasteiger partial charge in [0.15, 0.2) is 0 Å². The van der Waals surface area contributed by atoms with Gasteiger partial charge in [-0.2, -0.15) is 13.2 Å². The molecule has 1 aliphatic carbocycles. The molecule has 1 aliphatic rings. The number of alkyl halides is 3. The number of hydrogen-bond donors (Lipinski definition) is 0. The Balaban J connectivity index is 2.76. The average molecular weight is 332 g/mol. The smallest absolute Gasteiger partial charge is 0.392 e. The predicted octanol–water partition coefficient (Wildman–Crippen LogP) is 4.58. The highest BCUT2D eigenvalue weighted by molar-refractivity contribution is 5.79. The highest BCUT2D eigenvalue weighted by Gasteiger charge is 2.61. The van der Waals surface area contributed by atoms with Crippen LogP contribution >= 0.6 is 0 Å². The van der Waals surface area contributed by atoms with E-state index in [9.17, 15) is 22.4 Å². The maximum Gasteiger partial charge on any atom is 0.392 e. The van der Waals surface area contributed by atoms with Crippen molar-refractivity contribution < 1.29 is 27.1 Å². The van der Waals surface area contributed by atoms with E-state index in [4.69, 9.17) is 11.2 Å². The lowest BCUT2D eigenvalue weighted by atomic mass is 10.1. The summed E-state index contributed by atoms with van der Waals surface area (Å²) in [6, 6.07) is 0. The van der Waals surface area contributed by atoms with E-state index in [2.05, 4.69) is 0 Å². The molecule has 0 saturated heterocycles. The Bertz CT molecular complexity index is 560. The molecular weight excluding hydrogens is 312 g/mol. The number of esters is 1. The van der Waals surface area contributed by atoms with Gasteiger partial charge in [0, 0.05) is 0 Å². The Morgan fingerprint density at radius 2 is 1.96 bits per heavy atom. The van der Waals surface area contributed by atoms with Gasteiger partial charge in [-0.05, 0) is 31.3 Å². The number of halogens is 4. The first-order chi connectivity index (χ1) is 10.4. The molecule has 1 rings (SSSR count). The number of carbonyl (C=O) groups is 1. The lowest BCUT2D eigenvalue weighted by Gasteiger charge is -2.12. The van der Waals surface area contributed by atoms with Gasteiger partial charge in [-0.15, -0.1) is 6.42 Å². The normalized spacial score (nSPS) is 24.4. The van der Waals surface area contributed by atoms with Crippen LogP contribution in [-0.2, 0) is 9.53 Å². The van der Waals surface area contributed by atoms with E-state index < -0.39 is 36.4 Å². The minimum Gasteiger partial charge on any atom is -0.441 e. The second-order valence-corrected chi connectivity index (χ2v) is 6.46. The number of carbonyl (C=O) groups excluding carboxylic acids is 1. The fourth-order valence-electron chi connectivity index (χ4n) is 2.48. The van der Waals surface area contributed by atoms with E-state index in [1.54, 1.807) is 0 Å². The van der Waals surface area contributed by atoms with Crippen molar-refractivity contribution in [2.75, 3.05) is 0 Å². The summed E-state index contributed by atoms with van der Waals surface area (Å²) in [4.78, 5) is 12.1.